The van der Waals surface area contributed by atoms with Crippen molar-refractivity contribution in [1.82, 2.24) is 10.2 Å². The second kappa shape index (κ2) is 5.63. The fraction of sp³-hybridized carbons (Fsp3) is 0.467. The molecule has 6 heteroatoms. The first-order valence-electron chi connectivity index (χ1n) is 7.10. The van der Waals surface area contributed by atoms with Gasteiger partial charge in [-0.1, -0.05) is 0 Å². The zero-order valence-electron chi connectivity index (χ0n) is 11.9. The number of benzene rings is 1. The Kier molecular flexibility index (Phi) is 3.68. The van der Waals surface area contributed by atoms with Crippen molar-refractivity contribution in [1.29, 1.82) is 0 Å². The lowest BCUT2D eigenvalue weighted by molar-refractivity contribution is -0.129. The molecule has 0 radical (unpaired) electrons. The highest BCUT2D eigenvalue weighted by Crippen LogP contribution is 2.32. The molecule has 1 aliphatic heterocycles. The number of carbonyl (C=O) groups is 2. The average Bonchev–Trinajstić information content (AvgIpc) is 3.18. The van der Waals surface area contributed by atoms with Crippen molar-refractivity contribution in [3.63, 3.8) is 0 Å². The predicted molar refractivity (Wildman–Crippen MR) is 75.3 cm³/mol. The van der Waals surface area contributed by atoms with Crippen LogP contribution in [0.5, 0.6) is 11.5 Å². The van der Waals surface area contributed by atoms with Gasteiger partial charge in [-0.15, -0.1) is 0 Å². The molecular weight excluding hydrogens is 272 g/mol. The summed E-state index contributed by atoms with van der Waals surface area (Å²) in [6, 6.07) is 5.46. The number of hydrogen-bond acceptors (Lipinski definition) is 4. The molecule has 2 aliphatic rings. The van der Waals surface area contributed by atoms with E-state index in [0.717, 1.165) is 12.8 Å². The van der Waals surface area contributed by atoms with E-state index in [2.05, 4.69) is 5.32 Å². The van der Waals surface area contributed by atoms with Crippen LogP contribution in [0.3, 0.4) is 0 Å². The molecule has 0 saturated heterocycles. The summed E-state index contributed by atoms with van der Waals surface area (Å²) >= 11 is 0. The number of nitrogens with one attached hydrogen (secondary N) is 1. The van der Waals surface area contributed by atoms with Gasteiger partial charge < -0.3 is 19.7 Å². The van der Waals surface area contributed by atoms with Crippen LogP contribution in [0.1, 0.15) is 30.1 Å². The number of fused-ring (bicyclic) bond motifs is 1. The van der Waals surface area contributed by atoms with Gasteiger partial charge in [0.1, 0.15) is 0 Å². The number of carbonyl (C=O) groups excluding carboxylic acids is 2. The van der Waals surface area contributed by atoms with Crippen LogP contribution in [-0.2, 0) is 4.79 Å². The van der Waals surface area contributed by atoms with Crippen LogP contribution in [0.25, 0.3) is 0 Å². The summed E-state index contributed by atoms with van der Waals surface area (Å²) in [5, 5.41) is 2.83. The zero-order chi connectivity index (χ0) is 14.8. The topological polar surface area (TPSA) is 67.9 Å². The van der Waals surface area contributed by atoms with Crippen molar-refractivity contribution in [3.05, 3.63) is 23.8 Å². The second-order valence-corrected chi connectivity index (χ2v) is 5.27. The third-order valence-electron chi connectivity index (χ3n) is 3.67. The molecule has 0 atom stereocenters. The lowest BCUT2D eigenvalue weighted by Gasteiger charge is -2.20. The smallest absolute Gasteiger partial charge is 0.251 e. The fourth-order valence-corrected chi connectivity index (χ4v) is 2.41. The molecule has 1 fully saturated rings. The van der Waals surface area contributed by atoms with E-state index in [1.54, 1.807) is 25.1 Å². The summed E-state index contributed by atoms with van der Waals surface area (Å²) in [7, 11) is 0. The van der Waals surface area contributed by atoms with Crippen LogP contribution in [-0.4, -0.2) is 42.6 Å². The minimum atomic E-state index is -0.174. The number of nitrogens with zero attached hydrogens (tertiary/aromatic N) is 1. The van der Waals surface area contributed by atoms with E-state index in [1.807, 2.05) is 4.90 Å². The Balaban J connectivity index is 1.53. The van der Waals surface area contributed by atoms with E-state index < -0.39 is 0 Å². The molecule has 1 N–H and O–H groups in total. The Morgan fingerprint density at radius 1 is 1.29 bits per heavy atom. The monoisotopic (exact) mass is 290 g/mol. The molecule has 0 bridgehead atoms. The summed E-state index contributed by atoms with van der Waals surface area (Å²) in [5.74, 6) is 1.14. The SMILES string of the molecule is CC(=O)N(CCNC(=O)c1ccc2c(c1)OCO2)C1CC1. The minimum Gasteiger partial charge on any atom is -0.454 e. The van der Waals surface area contributed by atoms with Crippen molar-refractivity contribution >= 4 is 11.8 Å². The quantitative estimate of drug-likeness (QED) is 0.883. The average molecular weight is 290 g/mol. The van der Waals surface area contributed by atoms with Crippen LogP contribution in [0.15, 0.2) is 18.2 Å². The van der Waals surface area contributed by atoms with Crippen molar-refractivity contribution in [2.75, 3.05) is 19.9 Å². The number of hydrogen-bond donors (Lipinski definition) is 1. The largest absolute Gasteiger partial charge is 0.454 e. The molecule has 6 nitrogen and oxygen atoms in total. The van der Waals surface area contributed by atoms with E-state index in [1.165, 1.54) is 0 Å². The highest BCUT2D eigenvalue weighted by Gasteiger charge is 2.30. The highest BCUT2D eigenvalue weighted by molar-refractivity contribution is 5.94. The molecule has 3 rings (SSSR count). The predicted octanol–water partition coefficient (Wildman–Crippen LogP) is 1.16. The Hall–Kier alpha value is -2.24. The third kappa shape index (κ3) is 3.09. The Morgan fingerprint density at radius 2 is 2.05 bits per heavy atom. The maximum atomic E-state index is 12.1. The normalized spacial score (nSPS) is 15.7. The molecule has 1 aromatic rings. The summed E-state index contributed by atoms with van der Waals surface area (Å²) < 4.78 is 10.5. The second-order valence-electron chi connectivity index (χ2n) is 5.27. The molecule has 0 spiro atoms. The first kappa shape index (κ1) is 13.7. The van der Waals surface area contributed by atoms with Gasteiger partial charge in [0.15, 0.2) is 11.5 Å². The van der Waals surface area contributed by atoms with Crippen LogP contribution in [0.4, 0.5) is 0 Å². The third-order valence-corrected chi connectivity index (χ3v) is 3.67. The highest BCUT2D eigenvalue weighted by atomic mass is 16.7. The molecule has 0 unspecified atom stereocenters. The first-order chi connectivity index (χ1) is 10.1. The van der Waals surface area contributed by atoms with Crippen LogP contribution >= 0.6 is 0 Å². The molecule has 112 valence electrons. The Bertz CT molecular complexity index is 569. The molecular formula is C15H18N2O4. The molecule has 1 aromatic carbocycles. The van der Waals surface area contributed by atoms with Crippen molar-refractivity contribution in [2.24, 2.45) is 0 Å². The van der Waals surface area contributed by atoms with Crippen molar-refractivity contribution < 1.29 is 19.1 Å². The van der Waals surface area contributed by atoms with E-state index >= 15 is 0 Å². The Labute approximate surface area is 123 Å². The summed E-state index contributed by atoms with van der Waals surface area (Å²) in [5.41, 5.74) is 0.528. The Morgan fingerprint density at radius 3 is 2.76 bits per heavy atom. The van der Waals surface area contributed by atoms with Crippen LogP contribution in [0.2, 0.25) is 0 Å². The van der Waals surface area contributed by atoms with E-state index in [0.29, 0.717) is 36.2 Å². The number of rotatable bonds is 5. The molecule has 2 amide bonds. The molecule has 0 aromatic heterocycles. The maximum Gasteiger partial charge on any atom is 0.251 e. The van der Waals surface area contributed by atoms with Crippen LogP contribution in [0, 0.1) is 0 Å². The molecule has 1 heterocycles. The first-order valence-corrected chi connectivity index (χ1v) is 7.10. The van der Waals surface area contributed by atoms with Gasteiger partial charge in [0.2, 0.25) is 12.7 Å². The number of ether oxygens (including phenoxy) is 2. The van der Waals surface area contributed by atoms with Gasteiger partial charge in [-0.25, -0.2) is 0 Å². The fourth-order valence-electron chi connectivity index (χ4n) is 2.41. The zero-order valence-corrected chi connectivity index (χ0v) is 11.9. The van der Waals surface area contributed by atoms with E-state index in [-0.39, 0.29) is 18.6 Å². The van der Waals surface area contributed by atoms with E-state index in [4.69, 9.17) is 9.47 Å². The lowest BCUT2D eigenvalue weighted by atomic mass is 10.2. The van der Waals surface area contributed by atoms with Gasteiger partial charge in [0, 0.05) is 31.6 Å². The van der Waals surface area contributed by atoms with Gasteiger partial charge in [0.25, 0.3) is 5.91 Å². The summed E-state index contributed by atoms with van der Waals surface area (Å²) in [6.07, 6.45) is 2.13. The van der Waals surface area contributed by atoms with Gasteiger partial charge in [0.05, 0.1) is 0 Å². The van der Waals surface area contributed by atoms with Crippen molar-refractivity contribution in [2.45, 2.75) is 25.8 Å². The maximum absolute atomic E-state index is 12.1. The molecule has 21 heavy (non-hydrogen) atoms. The summed E-state index contributed by atoms with van der Waals surface area (Å²) in [6.45, 7) is 2.76. The van der Waals surface area contributed by atoms with Gasteiger partial charge in [-0.05, 0) is 31.0 Å². The standard InChI is InChI=1S/C15H18N2O4/c1-10(18)17(12-3-4-12)7-6-16-15(19)11-2-5-13-14(8-11)21-9-20-13/h2,5,8,12H,3-4,6-7,9H2,1H3,(H,16,19). The van der Waals surface area contributed by atoms with E-state index in [9.17, 15) is 9.59 Å². The van der Waals surface area contributed by atoms with Gasteiger partial charge in [-0.2, -0.15) is 0 Å². The van der Waals surface area contributed by atoms with Crippen LogP contribution < -0.4 is 14.8 Å². The van der Waals surface area contributed by atoms with Gasteiger partial charge >= 0.3 is 0 Å². The van der Waals surface area contributed by atoms with Crippen molar-refractivity contribution in [3.8, 4) is 11.5 Å². The molecule has 1 aliphatic carbocycles. The number of amides is 2. The lowest BCUT2D eigenvalue weighted by Crippen LogP contribution is -2.38. The summed E-state index contributed by atoms with van der Waals surface area (Å²) in [4.78, 5) is 25.4. The minimum absolute atomic E-state index is 0.0647. The van der Waals surface area contributed by atoms with Gasteiger partial charge in [-0.3, -0.25) is 9.59 Å². The molecule has 1 saturated carbocycles.